The van der Waals surface area contributed by atoms with Gasteiger partial charge in [0.25, 0.3) is 0 Å². The van der Waals surface area contributed by atoms with Crippen molar-refractivity contribution in [2.75, 3.05) is 0 Å². The van der Waals surface area contributed by atoms with Crippen molar-refractivity contribution in [2.45, 2.75) is 63.7 Å². The Bertz CT molecular complexity index is 1430. The highest BCUT2D eigenvalue weighted by atomic mass is 16.2. The topological polar surface area (TPSA) is 40.6 Å². The molecule has 0 aliphatic carbocycles. The predicted octanol–water partition coefficient (Wildman–Crippen LogP) is 7.04. The van der Waals surface area contributed by atoms with Gasteiger partial charge in [-0.2, -0.15) is 0 Å². The van der Waals surface area contributed by atoms with Gasteiger partial charge in [0.2, 0.25) is 11.8 Å². The molecule has 3 fully saturated rings. The largest absolute Gasteiger partial charge is 0.332 e. The zero-order chi connectivity index (χ0) is 26.0. The number of hydrogen-bond donors (Lipinski definition) is 0. The molecule has 3 aliphatic rings. The van der Waals surface area contributed by atoms with Crippen molar-refractivity contribution < 1.29 is 9.59 Å². The maximum absolute atomic E-state index is 14.1. The number of benzene rings is 4. The molecule has 0 aromatic heterocycles. The Balaban J connectivity index is 1.26. The fraction of sp³-hybridized carbons (Fsp3) is 0.353. The van der Waals surface area contributed by atoms with Crippen molar-refractivity contribution in [1.82, 2.24) is 9.80 Å². The van der Waals surface area contributed by atoms with E-state index in [0.717, 1.165) is 12.8 Å². The number of nitrogens with zero attached hydrogens (tertiary/aromatic N) is 2. The van der Waals surface area contributed by atoms with Gasteiger partial charge in [0.05, 0.1) is 12.1 Å². The van der Waals surface area contributed by atoms with Crippen LogP contribution in [0.2, 0.25) is 0 Å². The third-order valence-corrected chi connectivity index (χ3v) is 9.43. The Labute approximate surface area is 224 Å². The Morgan fingerprint density at radius 2 is 0.947 bits per heavy atom. The molecular weight excluding hydrogens is 468 g/mol. The van der Waals surface area contributed by atoms with Gasteiger partial charge in [-0.15, -0.1) is 0 Å². The Hall–Kier alpha value is -3.66. The molecule has 4 nitrogen and oxygen atoms in total. The summed E-state index contributed by atoms with van der Waals surface area (Å²) >= 11 is 0. The van der Waals surface area contributed by atoms with Crippen LogP contribution >= 0.6 is 0 Å². The summed E-state index contributed by atoms with van der Waals surface area (Å²) in [6, 6.07) is 29.6. The van der Waals surface area contributed by atoms with Crippen LogP contribution in [-0.4, -0.2) is 33.7 Å². The second kappa shape index (κ2) is 8.97. The molecule has 0 unspecified atom stereocenters. The molecule has 3 aliphatic heterocycles. The quantitative estimate of drug-likeness (QED) is 0.295. The molecule has 4 aromatic rings. The molecule has 7 rings (SSSR count). The molecular formula is C34H34N2O2. The zero-order valence-electron chi connectivity index (χ0n) is 22.1. The van der Waals surface area contributed by atoms with Gasteiger partial charge in [0, 0.05) is 24.9 Å². The van der Waals surface area contributed by atoms with E-state index in [1.807, 2.05) is 0 Å². The summed E-state index contributed by atoms with van der Waals surface area (Å²) < 4.78 is 0. The lowest BCUT2D eigenvalue weighted by Crippen LogP contribution is -2.49. The highest BCUT2D eigenvalue weighted by molar-refractivity contribution is 5.90. The van der Waals surface area contributed by atoms with Gasteiger partial charge in [-0.25, -0.2) is 0 Å². The van der Waals surface area contributed by atoms with E-state index in [9.17, 15) is 9.59 Å². The van der Waals surface area contributed by atoms with Crippen LogP contribution in [0.15, 0.2) is 84.9 Å². The third kappa shape index (κ3) is 3.57. The number of amides is 2. The molecule has 6 atom stereocenters. The van der Waals surface area contributed by atoms with Gasteiger partial charge in [-0.3, -0.25) is 9.59 Å². The van der Waals surface area contributed by atoms with Crippen LogP contribution in [0.5, 0.6) is 0 Å². The lowest BCUT2D eigenvalue weighted by molar-refractivity contribution is -0.145. The smallest absolute Gasteiger partial charge is 0.225 e. The van der Waals surface area contributed by atoms with Crippen molar-refractivity contribution in [3.05, 3.63) is 96.1 Å². The average molecular weight is 503 g/mol. The van der Waals surface area contributed by atoms with Gasteiger partial charge in [-0.1, -0.05) is 98.8 Å². The first kappa shape index (κ1) is 23.5. The molecule has 0 saturated carbocycles. The molecule has 0 radical (unpaired) electrons. The molecule has 38 heavy (non-hydrogen) atoms. The lowest BCUT2D eigenvalue weighted by atomic mass is 9.90. The van der Waals surface area contributed by atoms with Crippen LogP contribution in [-0.2, 0) is 9.59 Å². The van der Waals surface area contributed by atoms with E-state index in [4.69, 9.17) is 0 Å². The van der Waals surface area contributed by atoms with Gasteiger partial charge >= 0.3 is 0 Å². The lowest BCUT2D eigenvalue weighted by Gasteiger charge is -2.39. The minimum Gasteiger partial charge on any atom is -0.332 e. The van der Waals surface area contributed by atoms with Gasteiger partial charge in [0.15, 0.2) is 0 Å². The van der Waals surface area contributed by atoms with Crippen LogP contribution in [0.25, 0.3) is 21.5 Å². The normalized spacial score (nSPS) is 29.4. The molecule has 0 bridgehead atoms. The van der Waals surface area contributed by atoms with Crippen molar-refractivity contribution >= 4 is 33.4 Å². The fourth-order valence-electron chi connectivity index (χ4n) is 7.97. The first-order valence-corrected chi connectivity index (χ1v) is 14.1. The van der Waals surface area contributed by atoms with Crippen molar-refractivity contribution in [1.29, 1.82) is 0 Å². The first-order chi connectivity index (χ1) is 18.5. The van der Waals surface area contributed by atoms with Crippen LogP contribution in [0.4, 0.5) is 0 Å². The summed E-state index contributed by atoms with van der Waals surface area (Å²) in [6.07, 6.45) is 2.53. The summed E-state index contributed by atoms with van der Waals surface area (Å²) in [5.74, 6) is 0.989. The monoisotopic (exact) mass is 502 g/mol. The molecule has 2 amide bonds. The predicted molar refractivity (Wildman–Crippen MR) is 151 cm³/mol. The molecule has 3 heterocycles. The van der Waals surface area contributed by atoms with Crippen molar-refractivity contribution in [3.63, 3.8) is 0 Å². The Morgan fingerprint density at radius 1 is 0.553 bits per heavy atom. The number of rotatable bonds is 2. The average Bonchev–Trinajstić information content (AvgIpc) is 3.42. The maximum atomic E-state index is 14.1. The minimum absolute atomic E-state index is 0.00522. The highest BCUT2D eigenvalue weighted by Gasteiger charge is 2.50. The van der Waals surface area contributed by atoms with E-state index in [2.05, 4.69) is 109 Å². The summed E-state index contributed by atoms with van der Waals surface area (Å²) in [5.41, 5.74) is 2.43. The molecule has 4 aromatic carbocycles. The van der Waals surface area contributed by atoms with Crippen LogP contribution in [0.3, 0.4) is 0 Å². The second-order valence-electron chi connectivity index (χ2n) is 11.8. The van der Waals surface area contributed by atoms with E-state index >= 15 is 0 Å². The van der Waals surface area contributed by atoms with E-state index in [1.54, 1.807) is 0 Å². The van der Waals surface area contributed by atoms with Crippen LogP contribution in [0.1, 0.15) is 62.7 Å². The van der Waals surface area contributed by atoms with Crippen LogP contribution < -0.4 is 0 Å². The minimum atomic E-state index is -0.0565. The zero-order valence-corrected chi connectivity index (χ0v) is 22.1. The summed E-state index contributed by atoms with van der Waals surface area (Å²) in [7, 11) is 0. The third-order valence-electron chi connectivity index (χ3n) is 9.43. The number of carbonyl (C=O) groups excluding carboxylic acids is 2. The molecule has 4 heteroatoms. The summed E-state index contributed by atoms with van der Waals surface area (Å²) in [5, 5.41) is 4.82. The van der Waals surface area contributed by atoms with Gasteiger partial charge < -0.3 is 9.80 Å². The van der Waals surface area contributed by atoms with Gasteiger partial charge in [0.1, 0.15) is 0 Å². The number of fused-ring (bicyclic) bond motifs is 4. The molecule has 0 spiro atoms. The fourth-order valence-corrected chi connectivity index (χ4v) is 7.97. The van der Waals surface area contributed by atoms with E-state index in [1.165, 1.54) is 32.7 Å². The van der Waals surface area contributed by atoms with Crippen LogP contribution in [0, 0.1) is 11.8 Å². The van der Waals surface area contributed by atoms with Crippen molar-refractivity contribution in [2.24, 2.45) is 11.8 Å². The van der Waals surface area contributed by atoms with Gasteiger partial charge in [-0.05, 0) is 57.3 Å². The molecule has 192 valence electrons. The standard InChI is InChI=1S/C34H34N2O2/c1-21-17-25-19-32(38)36-26(18-22(2)34(36)30-16-8-12-24-10-4-6-14-28(24)30)20-31(37)35(25)33(21)29-15-7-11-23-9-3-5-13-27(23)29/h3-16,21-22,25-26,33-34H,17-20H2,1-2H3/t21-,22-,25+,26+,33+,34+/m1/s1. The maximum Gasteiger partial charge on any atom is 0.225 e. The number of hydrogen-bond acceptors (Lipinski definition) is 2. The SMILES string of the molecule is C[C@@H]1C[C@H]2CC(=O)N3[C@H](CC(=O)N2[C@@H]1c1cccc2ccccc12)C[C@@H](C)[C@H]3c1cccc2ccccc12. The molecule has 0 N–H and O–H groups in total. The first-order valence-electron chi connectivity index (χ1n) is 14.1. The molecule has 3 saturated heterocycles. The Kier molecular flexibility index (Phi) is 5.54. The van der Waals surface area contributed by atoms with Crippen molar-refractivity contribution in [3.8, 4) is 0 Å². The summed E-state index contributed by atoms with van der Waals surface area (Å²) in [4.78, 5) is 32.4. The summed E-state index contributed by atoms with van der Waals surface area (Å²) in [6.45, 7) is 4.49. The van der Waals surface area contributed by atoms with E-state index in [0.29, 0.717) is 24.7 Å². The highest BCUT2D eigenvalue weighted by Crippen LogP contribution is 2.49. The number of carbonyl (C=O) groups is 2. The second-order valence-corrected chi connectivity index (χ2v) is 11.8. The Morgan fingerprint density at radius 3 is 1.39 bits per heavy atom. The van der Waals surface area contributed by atoms with E-state index in [-0.39, 0.29) is 36.0 Å². The van der Waals surface area contributed by atoms with E-state index < -0.39 is 0 Å².